The molecule has 1 aromatic heterocycles. The lowest BCUT2D eigenvalue weighted by atomic mass is 10.2. The maximum absolute atomic E-state index is 12.8. The van der Waals surface area contributed by atoms with Gasteiger partial charge in [0.2, 0.25) is 21.8 Å². The fraction of sp³-hybridized carbons (Fsp3) is 0.273. The number of amides is 1. The molecule has 172 valence electrons. The maximum Gasteiger partial charge on any atom is 0.277 e. The van der Waals surface area contributed by atoms with Crippen molar-refractivity contribution in [3.8, 4) is 17.5 Å². The van der Waals surface area contributed by atoms with E-state index >= 15 is 0 Å². The van der Waals surface area contributed by atoms with Crippen LogP contribution in [0.4, 0.5) is 5.69 Å². The average molecular weight is 486 g/mol. The molecule has 0 aliphatic rings. The van der Waals surface area contributed by atoms with Gasteiger partial charge in [0.15, 0.2) is 0 Å². The van der Waals surface area contributed by atoms with Crippen LogP contribution in [0, 0.1) is 11.3 Å². The number of carbonyl (C=O) groups is 1. The third-order valence-electron chi connectivity index (χ3n) is 4.74. The van der Waals surface area contributed by atoms with E-state index in [-0.39, 0.29) is 21.9 Å². The van der Waals surface area contributed by atoms with Gasteiger partial charge in [-0.15, -0.1) is 10.2 Å². The molecule has 11 heteroatoms. The molecule has 3 rings (SSSR count). The van der Waals surface area contributed by atoms with Crippen LogP contribution in [0.3, 0.4) is 0 Å². The predicted molar refractivity (Wildman–Crippen MR) is 125 cm³/mol. The first-order valence-corrected chi connectivity index (χ1v) is 12.5. The summed E-state index contributed by atoms with van der Waals surface area (Å²) in [5.41, 5.74) is 1.43. The number of carbonyl (C=O) groups excluding carboxylic acids is 1. The number of nitrogens with zero attached hydrogens (tertiary/aromatic N) is 4. The third-order valence-corrected chi connectivity index (χ3v) is 7.72. The summed E-state index contributed by atoms with van der Waals surface area (Å²) >= 11 is 1.07. The molecular formula is C22H23N5O4S2. The number of hydrogen-bond acceptors (Lipinski definition) is 8. The number of aromatic nitrogens is 2. The van der Waals surface area contributed by atoms with E-state index in [1.807, 2.05) is 6.07 Å². The summed E-state index contributed by atoms with van der Waals surface area (Å²) in [6.07, 6.45) is 0. The van der Waals surface area contributed by atoms with Crippen LogP contribution in [-0.4, -0.2) is 47.2 Å². The molecule has 0 aliphatic carbocycles. The smallest absolute Gasteiger partial charge is 0.277 e. The quantitative estimate of drug-likeness (QED) is 0.454. The summed E-state index contributed by atoms with van der Waals surface area (Å²) in [6, 6.07) is 15.0. The second-order valence-electron chi connectivity index (χ2n) is 6.93. The van der Waals surface area contributed by atoms with Gasteiger partial charge in [-0.1, -0.05) is 37.7 Å². The van der Waals surface area contributed by atoms with Gasteiger partial charge in [-0.2, -0.15) is 9.57 Å². The van der Waals surface area contributed by atoms with Crippen LogP contribution in [-0.2, 0) is 14.8 Å². The Balaban J connectivity index is 1.72. The maximum atomic E-state index is 12.8. The zero-order valence-electron chi connectivity index (χ0n) is 18.3. The van der Waals surface area contributed by atoms with Gasteiger partial charge in [0.25, 0.3) is 5.22 Å². The first-order chi connectivity index (χ1) is 15.8. The molecule has 1 heterocycles. The number of hydrogen-bond donors (Lipinski definition) is 1. The van der Waals surface area contributed by atoms with E-state index in [0.29, 0.717) is 29.9 Å². The molecule has 0 fully saturated rings. The highest BCUT2D eigenvalue weighted by atomic mass is 32.2. The first-order valence-electron chi connectivity index (χ1n) is 10.2. The minimum absolute atomic E-state index is 0.142. The van der Waals surface area contributed by atoms with Crippen LogP contribution < -0.4 is 5.32 Å². The van der Waals surface area contributed by atoms with Gasteiger partial charge < -0.3 is 9.73 Å². The van der Waals surface area contributed by atoms with Crippen LogP contribution in [0.5, 0.6) is 0 Å². The molecule has 0 bridgehead atoms. The van der Waals surface area contributed by atoms with Gasteiger partial charge in [0, 0.05) is 24.3 Å². The normalized spacial score (nSPS) is 12.3. The third kappa shape index (κ3) is 5.78. The summed E-state index contributed by atoms with van der Waals surface area (Å²) in [5.74, 6) is -0.134. The lowest BCUT2D eigenvalue weighted by Crippen LogP contribution is -2.30. The van der Waals surface area contributed by atoms with Gasteiger partial charge in [0.1, 0.15) is 0 Å². The Morgan fingerprint density at radius 3 is 2.61 bits per heavy atom. The Morgan fingerprint density at radius 1 is 1.18 bits per heavy atom. The van der Waals surface area contributed by atoms with E-state index in [0.717, 1.165) is 11.8 Å². The Bertz CT molecular complexity index is 1280. The number of nitriles is 1. The van der Waals surface area contributed by atoms with Crippen molar-refractivity contribution in [2.45, 2.75) is 36.1 Å². The number of nitrogens with one attached hydrogen (secondary N) is 1. The fourth-order valence-corrected chi connectivity index (χ4v) is 5.18. The minimum Gasteiger partial charge on any atom is -0.411 e. The van der Waals surface area contributed by atoms with Crippen LogP contribution in [0.2, 0.25) is 0 Å². The molecule has 3 aromatic rings. The highest BCUT2D eigenvalue weighted by Gasteiger charge is 2.23. The van der Waals surface area contributed by atoms with E-state index in [1.54, 1.807) is 57.2 Å². The van der Waals surface area contributed by atoms with E-state index in [9.17, 15) is 13.2 Å². The molecule has 33 heavy (non-hydrogen) atoms. The van der Waals surface area contributed by atoms with Gasteiger partial charge in [0.05, 0.1) is 21.8 Å². The molecular weight excluding hydrogens is 462 g/mol. The van der Waals surface area contributed by atoms with E-state index in [1.165, 1.54) is 16.4 Å². The van der Waals surface area contributed by atoms with E-state index < -0.39 is 15.3 Å². The second-order valence-corrected chi connectivity index (χ2v) is 10.2. The van der Waals surface area contributed by atoms with Crippen molar-refractivity contribution in [3.05, 3.63) is 54.1 Å². The highest BCUT2D eigenvalue weighted by molar-refractivity contribution is 8.00. The van der Waals surface area contributed by atoms with Crippen molar-refractivity contribution >= 4 is 33.4 Å². The largest absolute Gasteiger partial charge is 0.411 e. The second kappa shape index (κ2) is 10.6. The van der Waals surface area contributed by atoms with Gasteiger partial charge in [-0.3, -0.25) is 4.79 Å². The molecule has 9 nitrogen and oxygen atoms in total. The van der Waals surface area contributed by atoms with Crippen LogP contribution in [0.15, 0.2) is 63.1 Å². The summed E-state index contributed by atoms with van der Waals surface area (Å²) < 4.78 is 32.6. The van der Waals surface area contributed by atoms with Crippen molar-refractivity contribution in [1.29, 1.82) is 5.26 Å². The fourth-order valence-electron chi connectivity index (χ4n) is 2.99. The topological polar surface area (TPSA) is 129 Å². The minimum atomic E-state index is -3.62. The van der Waals surface area contributed by atoms with Crippen molar-refractivity contribution < 1.29 is 17.6 Å². The summed E-state index contributed by atoms with van der Waals surface area (Å²) in [7, 11) is -3.62. The summed E-state index contributed by atoms with van der Waals surface area (Å²) in [4.78, 5) is 12.6. The standard InChI is InChI=1S/C22H23N5O4S2/c1-4-27(5-2)33(29,30)19-11-7-9-17(13-19)21-25-26-22(31-21)32-15(3)20(28)24-18-10-6-8-16(12-18)14-23/h6-13,15H,4-5H2,1-3H3,(H,24,28). The zero-order chi connectivity index (χ0) is 24.0. The highest BCUT2D eigenvalue weighted by Crippen LogP contribution is 2.28. The molecule has 1 amide bonds. The number of rotatable bonds is 9. The van der Waals surface area contributed by atoms with Gasteiger partial charge in [-0.25, -0.2) is 8.42 Å². The van der Waals surface area contributed by atoms with Crippen molar-refractivity contribution in [2.75, 3.05) is 18.4 Å². The SMILES string of the molecule is CCN(CC)S(=O)(=O)c1cccc(-c2nnc(SC(C)C(=O)Nc3cccc(C#N)c3)o2)c1. The lowest BCUT2D eigenvalue weighted by Gasteiger charge is -2.18. The number of sulfonamides is 1. The van der Waals surface area contributed by atoms with Crippen molar-refractivity contribution in [1.82, 2.24) is 14.5 Å². The molecule has 0 spiro atoms. The molecule has 1 N–H and O–H groups in total. The average Bonchev–Trinajstić information content (AvgIpc) is 3.28. The molecule has 0 aliphatic heterocycles. The van der Waals surface area contributed by atoms with Crippen LogP contribution >= 0.6 is 11.8 Å². The van der Waals surface area contributed by atoms with Crippen molar-refractivity contribution in [3.63, 3.8) is 0 Å². The van der Waals surface area contributed by atoms with E-state index in [4.69, 9.17) is 9.68 Å². The molecule has 0 saturated carbocycles. The summed E-state index contributed by atoms with van der Waals surface area (Å²) in [6.45, 7) is 5.99. The first kappa shape index (κ1) is 24.4. The van der Waals surface area contributed by atoms with E-state index in [2.05, 4.69) is 15.5 Å². The van der Waals surface area contributed by atoms with Gasteiger partial charge >= 0.3 is 0 Å². The molecule has 1 atom stereocenters. The number of anilines is 1. The monoisotopic (exact) mass is 485 g/mol. The predicted octanol–water partition coefficient (Wildman–Crippen LogP) is 3.76. The number of benzene rings is 2. The Hall–Kier alpha value is -3.20. The van der Waals surface area contributed by atoms with Crippen LogP contribution in [0.1, 0.15) is 26.3 Å². The van der Waals surface area contributed by atoms with Crippen molar-refractivity contribution in [2.24, 2.45) is 0 Å². The molecule has 0 radical (unpaired) electrons. The zero-order valence-corrected chi connectivity index (χ0v) is 20.0. The van der Waals surface area contributed by atoms with Crippen LogP contribution in [0.25, 0.3) is 11.5 Å². The Kier molecular flexibility index (Phi) is 7.86. The van der Waals surface area contributed by atoms with Gasteiger partial charge in [-0.05, 0) is 43.3 Å². The Morgan fingerprint density at radius 2 is 1.91 bits per heavy atom. The number of thioether (sulfide) groups is 1. The molecule has 2 aromatic carbocycles. The molecule has 1 unspecified atom stereocenters. The summed E-state index contributed by atoms with van der Waals surface area (Å²) in [5, 5.41) is 19.3. The lowest BCUT2D eigenvalue weighted by molar-refractivity contribution is -0.115. The Labute approximate surface area is 196 Å². The molecule has 0 saturated heterocycles.